The van der Waals surface area contributed by atoms with Crippen molar-refractivity contribution in [1.29, 1.82) is 0 Å². The number of rotatable bonds is 8. The smallest absolute Gasteiger partial charge is 0.129 e. The molecule has 0 aromatic heterocycles. The Bertz CT molecular complexity index is 409. The van der Waals surface area contributed by atoms with Crippen LogP contribution in [0.15, 0.2) is 18.2 Å². The summed E-state index contributed by atoms with van der Waals surface area (Å²) in [6, 6.07) is 5.08. The SMILES string of the molecule is CCCCCN(C(C)C)C(CN)c1ccc(Cl)cc1F. The normalized spacial score (nSPS) is 13.2. The van der Waals surface area contributed by atoms with Crippen molar-refractivity contribution in [3.63, 3.8) is 0 Å². The molecule has 1 atom stereocenters. The van der Waals surface area contributed by atoms with Crippen molar-refractivity contribution in [3.8, 4) is 0 Å². The van der Waals surface area contributed by atoms with Gasteiger partial charge in [0.05, 0.1) is 6.04 Å². The van der Waals surface area contributed by atoms with Gasteiger partial charge in [0, 0.05) is 23.2 Å². The zero-order chi connectivity index (χ0) is 15.1. The fraction of sp³-hybridized carbons (Fsp3) is 0.625. The molecule has 0 radical (unpaired) electrons. The average Bonchev–Trinajstić information content (AvgIpc) is 2.39. The zero-order valence-corrected chi connectivity index (χ0v) is 13.5. The highest BCUT2D eigenvalue weighted by molar-refractivity contribution is 6.30. The highest BCUT2D eigenvalue weighted by Gasteiger charge is 2.23. The molecule has 114 valence electrons. The summed E-state index contributed by atoms with van der Waals surface area (Å²) >= 11 is 5.82. The van der Waals surface area contributed by atoms with Crippen LogP contribution in [0.25, 0.3) is 0 Å². The highest BCUT2D eigenvalue weighted by atomic mass is 35.5. The van der Waals surface area contributed by atoms with Crippen molar-refractivity contribution in [1.82, 2.24) is 4.90 Å². The van der Waals surface area contributed by atoms with Gasteiger partial charge in [-0.25, -0.2) is 4.39 Å². The molecule has 1 aromatic rings. The van der Waals surface area contributed by atoms with E-state index >= 15 is 0 Å². The number of hydrogen-bond acceptors (Lipinski definition) is 2. The Kier molecular flexibility index (Phi) is 7.49. The van der Waals surface area contributed by atoms with E-state index in [1.165, 1.54) is 18.9 Å². The molecule has 4 heteroatoms. The van der Waals surface area contributed by atoms with E-state index in [1.807, 2.05) is 0 Å². The van der Waals surface area contributed by atoms with Gasteiger partial charge in [-0.1, -0.05) is 37.4 Å². The fourth-order valence-corrected chi connectivity index (χ4v) is 2.69. The molecule has 0 aliphatic carbocycles. The number of benzene rings is 1. The Morgan fingerprint density at radius 3 is 2.50 bits per heavy atom. The fourth-order valence-electron chi connectivity index (χ4n) is 2.53. The molecule has 0 heterocycles. The van der Waals surface area contributed by atoms with Crippen LogP contribution in [0.1, 0.15) is 51.6 Å². The lowest BCUT2D eigenvalue weighted by molar-refractivity contribution is 0.151. The molecule has 20 heavy (non-hydrogen) atoms. The number of halogens is 2. The van der Waals surface area contributed by atoms with E-state index in [-0.39, 0.29) is 11.9 Å². The summed E-state index contributed by atoms with van der Waals surface area (Å²) in [4.78, 5) is 2.28. The Labute approximate surface area is 127 Å². The second-order valence-electron chi connectivity index (χ2n) is 5.46. The van der Waals surface area contributed by atoms with Crippen LogP contribution in [0.3, 0.4) is 0 Å². The maximum atomic E-state index is 14.1. The van der Waals surface area contributed by atoms with Gasteiger partial charge in [-0.3, -0.25) is 4.90 Å². The van der Waals surface area contributed by atoms with Gasteiger partial charge in [-0.05, 0) is 38.9 Å². The van der Waals surface area contributed by atoms with Crippen molar-refractivity contribution in [2.24, 2.45) is 5.73 Å². The van der Waals surface area contributed by atoms with Gasteiger partial charge in [0.25, 0.3) is 0 Å². The Balaban J connectivity index is 2.94. The first-order chi connectivity index (χ1) is 9.51. The summed E-state index contributed by atoms with van der Waals surface area (Å²) in [6.07, 6.45) is 3.47. The molecule has 1 aromatic carbocycles. The predicted molar refractivity (Wildman–Crippen MR) is 84.6 cm³/mol. The molecule has 0 aliphatic rings. The number of unbranched alkanes of at least 4 members (excludes halogenated alkanes) is 2. The molecule has 1 unspecified atom stereocenters. The molecule has 0 aliphatic heterocycles. The molecule has 0 saturated carbocycles. The van der Waals surface area contributed by atoms with E-state index in [9.17, 15) is 4.39 Å². The first-order valence-corrected chi connectivity index (χ1v) is 7.79. The molecule has 1 rings (SSSR count). The van der Waals surface area contributed by atoms with Crippen LogP contribution >= 0.6 is 11.6 Å². The van der Waals surface area contributed by atoms with E-state index in [1.54, 1.807) is 12.1 Å². The van der Waals surface area contributed by atoms with Gasteiger partial charge in [-0.2, -0.15) is 0 Å². The van der Waals surface area contributed by atoms with Crippen LogP contribution < -0.4 is 5.73 Å². The largest absolute Gasteiger partial charge is 0.329 e. The lowest BCUT2D eigenvalue weighted by Crippen LogP contribution is -2.39. The van der Waals surface area contributed by atoms with E-state index in [4.69, 9.17) is 17.3 Å². The van der Waals surface area contributed by atoms with Crippen LogP contribution in [0.4, 0.5) is 4.39 Å². The lowest BCUT2D eigenvalue weighted by atomic mass is 10.0. The van der Waals surface area contributed by atoms with Crippen molar-refractivity contribution in [2.75, 3.05) is 13.1 Å². The van der Waals surface area contributed by atoms with Gasteiger partial charge >= 0.3 is 0 Å². The van der Waals surface area contributed by atoms with Gasteiger partial charge in [0.2, 0.25) is 0 Å². The second kappa shape index (κ2) is 8.60. The standard InChI is InChI=1S/C16H26ClFN2/c1-4-5-6-9-20(12(2)3)16(11-19)14-8-7-13(17)10-15(14)18/h7-8,10,12,16H,4-6,9,11,19H2,1-3H3. The number of hydrogen-bond donors (Lipinski definition) is 1. The summed E-state index contributed by atoms with van der Waals surface area (Å²) in [5.41, 5.74) is 6.55. The quantitative estimate of drug-likeness (QED) is 0.722. The molecular weight excluding hydrogens is 275 g/mol. The molecule has 0 amide bonds. The number of nitrogens with zero attached hydrogens (tertiary/aromatic N) is 1. The molecular formula is C16H26ClFN2. The monoisotopic (exact) mass is 300 g/mol. The molecule has 0 saturated heterocycles. The number of nitrogens with two attached hydrogens (primary N) is 1. The minimum Gasteiger partial charge on any atom is -0.329 e. The Morgan fingerprint density at radius 2 is 2.00 bits per heavy atom. The predicted octanol–water partition coefficient (Wildman–Crippen LogP) is 4.38. The summed E-state index contributed by atoms with van der Waals surface area (Å²) in [6.45, 7) is 7.78. The van der Waals surface area contributed by atoms with Crippen LogP contribution in [0.2, 0.25) is 5.02 Å². The van der Waals surface area contributed by atoms with Crippen LogP contribution in [0, 0.1) is 5.82 Å². The average molecular weight is 301 g/mol. The maximum Gasteiger partial charge on any atom is 0.129 e. The Morgan fingerprint density at radius 1 is 1.30 bits per heavy atom. The van der Waals surface area contributed by atoms with Crippen molar-refractivity contribution in [3.05, 3.63) is 34.6 Å². The van der Waals surface area contributed by atoms with Gasteiger partial charge < -0.3 is 5.73 Å². The third kappa shape index (κ3) is 4.72. The first kappa shape index (κ1) is 17.4. The lowest BCUT2D eigenvalue weighted by Gasteiger charge is -2.35. The minimum absolute atomic E-state index is 0.0934. The third-order valence-electron chi connectivity index (χ3n) is 3.63. The van der Waals surface area contributed by atoms with Crippen molar-refractivity contribution in [2.45, 2.75) is 52.1 Å². The summed E-state index contributed by atoms with van der Waals surface area (Å²) < 4.78 is 14.1. The maximum absolute atomic E-state index is 14.1. The van der Waals surface area contributed by atoms with Crippen LogP contribution in [-0.2, 0) is 0 Å². The zero-order valence-electron chi connectivity index (χ0n) is 12.7. The minimum atomic E-state index is -0.269. The van der Waals surface area contributed by atoms with Crippen LogP contribution in [0.5, 0.6) is 0 Å². The molecule has 0 fully saturated rings. The highest BCUT2D eigenvalue weighted by Crippen LogP contribution is 2.27. The Hall–Kier alpha value is -0.640. The third-order valence-corrected chi connectivity index (χ3v) is 3.86. The van der Waals surface area contributed by atoms with Gasteiger partial charge in [-0.15, -0.1) is 0 Å². The molecule has 0 bridgehead atoms. The topological polar surface area (TPSA) is 29.3 Å². The second-order valence-corrected chi connectivity index (χ2v) is 5.89. The van der Waals surface area contributed by atoms with E-state index in [0.717, 1.165) is 13.0 Å². The van der Waals surface area contributed by atoms with Gasteiger partial charge in [0.15, 0.2) is 0 Å². The van der Waals surface area contributed by atoms with Gasteiger partial charge in [0.1, 0.15) is 5.82 Å². The molecule has 2 nitrogen and oxygen atoms in total. The van der Waals surface area contributed by atoms with Crippen molar-refractivity contribution < 1.29 is 4.39 Å². The first-order valence-electron chi connectivity index (χ1n) is 7.42. The summed E-state index contributed by atoms with van der Waals surface area (Å²) in [7, 11) is 0. The van der Waals surface area contributed by atoms with Crippen LogP contribution in [-0.4, -0.2) is 24.0 Å². The summed E-state index contributed by atoms with van der Waals surface area (Å²) in [5, 5.41) is 0.420. The van der Waals surface area contributed by atoms with Crippen molar-refractivity contribution >= 4 is 11.6 Å². The summed E-state index contributed by atoms with van der Waals surface area (Å²) in [5.74, 6) is -0.269. The molecule has 2 N–H and O–H groups in total. The molecule has 0 spiro atoms. The van der Waals surface area contributed by atoms with E-state index in [0.29, 0.717) is 23.2 Å². The van der Waals surface area contributed by atoms with E-state index < -0.39 is 0 Å². The van der Waals surface area contributed by atoms with E-state index in [2.05, 4.69) is 25.7 Å².